The fourth-order valence-corrected chi connectivity index (χ4v) is 2.43. The van der Waals surface area contributed by atoms with Crippen LogP contribution < -0.4 is 0 Å². The summed E-state index contributed by atoms with van der Waals surface area (Å²) in [7, 11) is 1.66. The lowest BCUT2D eigenvalue weighted by Crippen LogP contribution is -2.53. The molecular weight excluding hydrogens is 299 g/mol. The van der Waals surface area contributed by atoms with Crippen molar-refractivity contribution in [2.75, 3.05) is 39.8 Å². The Labute approximate surface area is 134 Å². The smallest absolute Gasteiger partial charge is 0.319 e. The first-order chi connectivity index (χ1) is 11.0. The molecule has 0 saturated carbocycles. The summed E-state index contributed by atoms with van der Waals surface area (Å²) in [5.41, 5.74) is 0.442. The first kappa shape index (κ1) is 16.7. The van der Waals surface area contributed by atoms with Crippen LogP contribution in [0, 0.1) is 17.1 Å². The van der Waals surface area contributed by atoms with Gasteiger partial charge in [0, 0.05) is 45.3 Å². The second-order valence-corrected chi connectivity index (χ2v) is 5.40. The molecule has 1 aromatic rings. The van der Waals surface area contributed by atoms with E-state index in [1.807, 2.05) is 6.07 Å². The molecule has 0 aliphatic carbocycles. The van der Waals surface area contributed by atoms with Gasteiger partial charge in [-0.05, 0) is 24.3 Å². The third-order valence-electron chi connectivity index (χ3n) is 3.81. The Hall–Kier alpha value is -2.62. The van der Waals surface area contributed by atoms with Crippen LogP contribution in [0.3, 0.4) is 0 Å². The van der Waals surface area contributed by atoms with Gasteiger partial charge < -0.3 is 14.7 Å². The van der Waals surface area contributed by atoms with E-state index in [2.05, 4.69) is 0 Å². The van der Waals surface area contributed by atoms with Gasteiger partial charge in [-0.1, -0.05) is 0 Å². The van der Waals surface area contributed by atoms with Gasteiger partial charge in [-0.3, -0.25) is 4.79 Å². The van der Waals surface area contributed by atoms with Gasteiger partial charge in [0.25, 0.3) is 5.91 Å². The van der Waals surface area contributed by atoms with Gasteiger partial charge in [-0.2, -0.15) is 5.26 Å². The SMILES string of the molecule is CN(CCC#N)C(=O)N1CCN(C(=O)c2ccc(F)cc2)CC1. The molecular formula is C16H19FN4O2. The summed E-state index contributed by atoms with van der Waals surface area (Å²) >= 11 is 0. The van der Waals surface area contributed by atoms with Gasteiger partial charge in [0.05, 0.1) is 12.5 Å². The highest BCUT2D eigenvalue weighted by Gasteiger charge is 2.26. The van der Waals surface area contributed by atoms with E-state index in [0.717, 1.165) is 0 Å². The standard InChI is InChI=1S/C16H19FN4O2/c1-19(8-2-7-18)16(23)21-11-9-20(10-12-21)15(22)13-3-5-14(17)6-4-13/h3-6H,2,8-12H2,1H3. The van der Waals surface area contributed by atoms with Crippen LogP contribution in [-0.2, 0) is 0 Å². The number of amides is 3. The van der Waals surface area contributed by atoms with Crippen LogP contribution in [-0.4, -0.2) is 66.4 Å². The van der Waals surface area contributed by atoms with Crippen LogP contribution in [0.1, 0.15) is 16.8 Å². The molecule has 1 heterocycles. The summed E-state index contributed by atoms with van der Waals surface area (Å²) in [5.74, 6) is -0.535. The van der Waals surface area contributed by atoms with Gasteiger partial charge in [-0.15, -0.1) is 0 Å². The summed E-state index contributed by atoms with van der Waals surface area (Å²) in [6, 6.07) is 7.33. The highest BCUT2D eigenvalue weighted by atomic mass is 19.1. The maximum atomic E-state index is 12.9. The molecule has 0 N–H and O–H groups in total. The predicted octanol–water partition coefficient (Wildman–Crippen LogP) is 1.55. The minimum absolute atomic E-state index is 0.130. The predicted molar refractivity (Wildman–Crippen MR) is 82.1 cm³/mol. The van der Waals surface area contributed by atoms with E-state index in [1.54, 1.807) is 16.8 Å². The Bertz CT molecular complexity index is 604. The first-order valence-corrected chi connectivity index (χ1v) is 7.44. The van der Waals surface area contributed by atoms with Crippen LogP contribution >= 0.6 is 0 Å². The molecule has 6 nitrogen and oxygen atoms in total. The third kappa shape index (κ3) is 4.19. The number of hydrogen-bond donors (Lipinski definition) is 0. The minimum Gasteiger partial charge on any atom is -0.335 e. The van der Waals surface area contributed by atoms with Crippen LogP contribution in [0.15, 0.2) is 24.3 Å². The Balaban J connectivity index is 1.88. The Kier molecular flexibility index (Phi) is 5.52. The van der Waals surface area contributed by atoms with Crippen molar-refractivity contribution >= 4 is 11.9 Å². The molecule has 1 saturated heterocycles. The summed E-state index contributed by atoms with van der Waals surface area (Å²) in [5, 5.41) is 8.56. The van der Waals surface area contributed by atoms with E-state index in [1.165, 1.54) is 29.2 Å². The summed E-state index contributed by atoms with van der Waals surface area (Å²) in [6.45, 7) is 2.16. The fraction of sp³-hybridized carbons (Fsp3) is 0.438. The van der Waals surface area contributed by atoms with Crippen molar-refractivity contribution in [1.82, 2.24) is 14.7 Å². The normalized spacial score (nSPS) is 14.3. The average Bonchev–Trinajstić information content (AvgIpc) is 2.59. The molecule has 1 aromatic carbocycles. The van der Waals surface area contributed by atoms with Crippen molar-refractivity contribution in [1.29, 1.82) is 5.26 Å². The highest BCUT2D eigenvalue weighted by molar-refractivity contribution is 5.94. The zero-order chi connectivity index (χ0) is 16.8. The first-order valence-electron chi connectivity index (χ1n) is 7.44. The maximum Gasteiger partial charge on any atom is 0.319 e. The van der Waals surface area contributed by atoms with E-state index in [0.29, 0.717) is 44.7 Å². The number of carbonyl (C=O) groups excluding carboxylic acids is 2. The number of piperazine rings is 1. The molecule has 0 aromatic heterocycles. The molecule has 122 valence electrons. The van der Waals surface area contributed by atoms with E-state index in [-0.39, 0.29) is 17.8 Å². The van der Waals surface area contributed by atoms with Gasteiger partial charge in [-0.25, -0.2) is 9.18 Å². The molecule has 1 fully saturated rings. The average molecular weight is 318 g/mol. The number of rotatable bonds is 3. The topological polar surface area (TPSA) is 67.7 Å². The molecule has 0 unspecified atom stereocenters. The third-order valence-corrected chi connectivity index (χ3v) is 3.81. The minimum atomic E-state index is -0.377. The number of hydrogen-bond acceptors (Lipinski definition) is 3. The second-order valence-electron chi connectivity index (χ2n) is 5.40. The van der Waals surface area contributed by atoms with Crippen molar-refractivity contribution in [2.24, 2.45) is 0 Å². The number of nitriles is 1. The van der Waals surface area contributed by atoms with Crippen LogP contribution in [0.4, 0.5) is 9.18 Å². The quantitative estimate of drug-likeness (QED) is 0.849. The van der Waals surface area contributed by atoms with Crippen LogP contribution in [0.2, 0.25) is 0 Å². The Morgan fingerprint density at radius 2 is 1.74 bits per heavy atom. The zero-order valence-corrected chi connectivity index (χ0v) is 13.0. The maximum absolute atomic E-state index is 12.9. The van der Waals surface area contributed by atoms with Gasteiger partial charge in [0.1, 0.15) is 5.82 Å². The van der Waals surface area contributed by atoms with Crippen molar-refractivity contribution in [3.05, 3.63) is 35.6 Å². The fourth-order valence-electron chi connectivity index (χ4n) is 2.43. The van der Waals surface area contributed by atoms with Gasteiger partial charge >= 0.3 is 6.03 Å². The number of halogens is 1. The lowest BCUT2D eigenvalue weighted by atomic mass is 10.2. The number of urea groups is 1. The van der Waals surface area contributed by atoms with E-state index in [9.17, 15) is 14.0 Å². The number of nitrogens with zero attached hydrogens (tertiary/aromatic N) is 4. The van der Waals surface area contributed by atoms with Crippen molar-refractivity contribution in [3.8, 4) is 6.07 Å². The summed E-state index contributed by atoms with van der Waals surface area (Å²) < 4.78 is 12.9. The molecule has 0 atom stereocenters. The molecule has 0 spiro atoms. The van der Waals surface area contributed by atoms with Crippen LogP contribution in [0.25, 0.3) is 0 Å². The largest absolute Gasteiger partial charge is 0.335 e. The monoisotopic (exact) mass is 318 g/mol. The molecule has 7 heteroatoms. The van der Waals surface area contributed by atoms with Crippen molar-refractivity contribution in [3.63, 3.8) is 0 Å². The number of carbonyl (C=O) groups is 2. The zero-order valence-electron chi connectivity index (χ0n) is 13.0. The van der Waals surface area contributed by atoms with E-state index >= 15 is 0 Å². The van der Waals surface area contributed by atoms with Gasteiger partial charge in [0.2, 0.25) is 0 Å². The van der Waals surface area contributed by atoms with Gasteiger partial charge in [0.15, 0.2) is 0 Å². The second kappa shape index (κ2) is 7.58. The molecule has 3 amide bonds. The van der Waals surface area contributed by atoms with E-state index < -0.39 is 0 Å². The van der Waals surface area contributed by atoms with Crippen LogP contribution in [0.5, 0.6) is 0 Å². The highest BCUT2D eigenvalue weighted by Crippen LogP contribution is 2.11. The Morgan fingerprint density at radius 1 is 1.17 bits per heavy atom. The lowest BCUT2D eigenvalue weighted by Gasteiger charge is -2.36. The van der Waals surface area contributed by atoms with Crippen molar-refractivity contribution in [2.45, 2.75) is 6.42 Å². The molecule has 0 radical (unpaired) electrons. The molecule has 1 aliphatic heterocycles. The number of benzene rings is 1. The lowest BCUT2D eigenvalue weighted by molar-refractivity contribution is 0.0645. The molecule has 0 bridgehead atoms. The molecule has 2 rings (SSSR count). The summed E-state index contributed by atoms with van der Waals surface area (Å²) in [4.78, 5) is 29.3. The van der Waals surface area contributed by atoms with Crippen molar-refractivity contribution < 1.29 is 14.0 Å². The Morgan fingerprint density at radius 3 is 2.30 bits per heavy atom. The molecule has 23 heavy (non-hydrogen) atoms. The summed E-state index contributed by atoms with van der Waals surface area (Å²) in [6.07, 6.45) is 0.297. The molecule has 1 aliphatic rings. The van der Waals surface area contributed by atoms with E-state index in [4.69, 9.17) is 5.26 Å².